The van der Waals surface area contributed by atoms with Gasteiger partial charge in [-0.05, 0) is 25.0 Å². The first-order valence-electron chi connectivity index (χ1n) is 9.16. The van der Waals surface area contributed by atoms with Crippen LogP contribution in [0.4, 0.5) is 17.5 Å². The number of carbonyl (C=O) groups excluding carboxylic acids is 1. The van der Waals surface area contributed by atoms with Gasteiger partial charge in [-0.3, -0.25) is 9.59 Å². The summed E-state index contributed by atoms with van der Waals surface area (Å²) in [6.45, 7) is 1.86. The molecule has 0 atom stereocenters. The van der Waals surface area contributed by atoms with Gasteiger partial charge in [-0.2, -0.15) is 4.98 Å². The summed E-state index contributed by atoms with van der Waals surface area (Å²) < 4.78 is 5.61. The fraction of sp³-hybridized carbons (Fsp3) is 0.300. The van der Waals surface area contributed by atoms with E-state index in [2.05, 4.69) is 20.2 Å². The van der Waals surface area contributed by atoms with Crippen LogP contribution in [-0.2, 0) is 0 Å². The molecule has 3 aromatic rings. The first-order chi connectivity index (χ1) is 13.5. The molecular weight excluding hydrogens is 358 g/mol. The molecule has 1 aromatic carbocycles. The highest BCUT2D eigenvalue weighted by atomic mass is 16.3. The van der Waals surface area contributed by atoms with Crippen LogP contribution in [0.25, 0.3) is 11.0 Å². The molecule has 1 aliphatic rings. The molecule has 0 spiro atoms. The fourth-order valence-electron chi connectivity index (χ4n) is 3.26. The summed E-state index contributed by atoms with van der Waals surface area (Å²) >= 11 is 0. The van der Waals surface area contributed by atoms with Crippen LogP contribution in [0.1, 0.15) is 23.4 Å². The maximum Gasteiger partial charge on any atom is 0.291 e. The van der Waals surface area contributed by atoms with Crippen molar-refractivity contribution in [1.29, 1.82) is 0 Å². The normalized spacial score (nSPS) is 13.7. The number of anilines is 3. The van der Waals surface area contributed by atoms with Gasteiger partial charge in [0.2, 0.25) is 5.95 Å². The number of aromatic nitrogens is 2. The Hall–Kier alpha value is -3.42. The van der Waals surface area contributed by atoms with Crippen molar-refractivity contribution in [3.05, 3.63) is 52.5 Å². The lowest BCUT2D eigenvalue weighted by Gasteiger charge is -2.20. The van der Waals surface area contributed by atoms with E-state index in [0.717, 1.165) is 25.9 Å². The fourth-order valence-corrected chi connectivity index (χ4v) is 3.26. The number of hydrogen-bond donors (Lipinski definition) is 1. The van der Waals surface area contributed by atoms with Crippen LogP contribution in [0.5, 0.6) is 0 Å². The first kappa shape index (κ1) is 18.0. The van der Waals surface area contributed by atoms with E-state index in [4.69, 9.17) is 4.42 Å². The Balaban J connectivity index is 1.64. The van der Waals surface area contributed by atoms with Crippen molar-refractivity contribution in [3.63, 3.8) is 0 Å². The van der Waals surface area contributed by atoms with Crippen molar-refractivity contribution in [1.82, 2.24) is 9.97 Å². The summed E-state index contributed by atoms with van der Waals surface area (Å²) in [5.41, 5.74) is 0.558. The molecule has 1 fully saturated rings. The summed E-state index contributed by atoms with van der Waals surface area (Å²) in [5, 5.41) is 3.20. The van der Waals surface area contributed by atoms with E-state index in [0.29, 0.717) is 28.4 Å². The molecule has 3 heterocycles. The minimum atomic E-state index is -0.525. The summed E-state index contributed by atoms with van der Waals surface area (Å²) in [7, 11) is 3.70. The summed E-state index contributed by atoms with van der Waals surface area (Å²) in [5.74, 6) is 0.658. The largest absolute Gasteiger partial charge is 0.451 e. The van der Waals surface area contributed by atoms with E-state index in [1.54, 1.807) is 30.5 Å². The van der Waals surface area contributed by atoms with Gasteiger partial charge >= 0.3 is 0 Å². The number of carbonyl (C=O) groups is 1. The van der Waals surface area contributed by atoms with Crippen molar-refractivity contribution in [2.24, 2.45) is 0 Å². The Morgan fingerprint density at radius 3 is 2.71 bits per heavy atom. The van der Waals surface area contributed by atoms with Crippen LogP contribution in [0.15, 0.2) is 45.7 Å². The quantitative estimate of drug-likeness (QED) is 0.745. The molecule has 8 heteroatoms. The predicted octanol–water partition coefficient (Wildman–Crippen LogP) is 2.50. The third-order valence-corrected chi connectivity index (χ3v) is 4.68. The van der Waals surface area contributed by atoms with Crippen molar-refractivity contribution < 1.29 is 9.21 Å². The van der Waals surface area contributed by atoms with E-state index in [1.165, 1.54) is 6.07 Å². The van der Waals surface area contributed by atoms with Gasteiger partial charge in [0, 0.05) is 33.3 Å². The second-order valence-electron chi connectivity index (χ2n) is 6.92. The second kappa shape index (κ2) is 7.30. The molecule has 0 saturated carbocycles. The Bertz CT molecular complexity index is 1090. The van der Waals surface area contributed by atoms with Gasteiger partial charge in [-0.25, -0.2) is 4.98 Å². The molecule has 4 rings (SSSR count). The number of para-hydroxylation sites is 1. The molecule has 1 aliphatic heterocycles. The Labute approximate surface area is 161 Å². The number of rotatable bonds is 4. The molecule has 144 valence electrons. The SMILES string of the molecule is CN(C)c1nc(N2CCCC2)ncc1NC(=O)c1cc(=O)c2ccccc2o1. The number of nitrogens with one attached hydrogen (secondary N) is 1. The molecule has 0 unspecified atom stereocenters. The van der Waals surface area contributed by atoms with E-state index in [1.807, 2.05) is 19.0 Å². The number of fused-ring (bicyclic) bond motifs is 1. The number of nitrogens with zero attached hydrogens (tertiary/aromatic N) is 4. The van der Waals surface area contributed by atoms with Gasteiger partial charge < -0.3 is 19.5 Å². The zero-order valence-corrected chi connectivity index (χ0v) is 15.8. The summed E-state index contributed by atoms with van der Waals surface area (Å²) in [6.07, 6.45) is 3.84. The van der Waals surface area contributed by atoms with Crippen molar-refractivity contribution in [3.8, 4) is 0 Å². The minimum Gasteiger partial charge on any atom is -0.451 e. The van der Waals surface area contributed by atoms with Crippen molar-refractivity contribution in [2.45, 2.75) is 12.8 Å². The molecule has 2 aromatic heterocycles. The third kappa shape index (κ3) is 3.40. The van der Waals surface area contributed by atoms with Gasteiger partial charge in [-0.1, -0.05) is 12.1 Å². The molecule has 0 aliphatic carbocycles. The lowest BCUT2D eigenvalue weighted by atomic mass is 10.2. The predicted molar refractivity (Wildman–Crippen MR) is 108 cm³/mol. The molecule has 0 radical (unpaired) electrons. The summed E-state index contributed by atoms with van der Waals surface area (Å²) in [4.78, 5) is 37.9. The molecular formula is C20H21N5O3. The monoisotopic (exact) mass is 379 g/mol. The van der Waals surface area contributed by atoms with E-state index >= 15 is 0 Å². The minimum absolute atomic E-state index is 0.0583. The standard InChI is InChI=1S/C20H21N5O3/c1-24(2)18-14(12-21-20(23-18)25-9-5-6-10-25)22-19(27)17-11-15(26)13-7-3-4-8-16(13)28-17/h3-4,7-8,11-12H,5-6,9-10H2,1-2H3,(H,22,27). The van der Waals surface area contributed by atoms with Crippen LogP contribution < -0.4 is 20.5 Å². The van der Waals surface area contributed by atoms with E-state index in [-0.39, 0.29) is 11.2 Å². The average Bonchev–Trinajstić information content (AvgIpc) is 3.23. The highest BCUT2D eigenvalue weighted by Crippen LogP contribution is 2.26. The van der Waals surface area contributed by atoms with E-state index < -0.39 is 5.91 Å². The van der Waals surface area contributed by atoms with Gasteiger partial charge in [0.1, 0.15) is 11.3 Å². The lowest BCUT2D eigenvalue weighted by Crippen LogP contribution is -2.24. The smallest absolute Gasteiger partial charge is 0.291 e. The highest BCUT2D eigenvalue weighted by molar-refractivity contribution is 6.04. The Morgan fingerprint density at radius 1 is 1.21 bits per heavy atom. The molecule has 1 amide bonds. The van der Waals surface area contributed by atoms with Gasteiger partial charge in [0.25, 0.3) is 5.91 Å². The molecule has 8 nitrogen and oxygen atoms in total. The molecule has 28 heavy (non-hydrogen) atoms. The average molecular weight is 379 g/mol. The van der Waals surface area contributed by atoms with Crippen LogP contribution >= 0.6 is 0 Å². The zero-order chi connectivity index (χ0) is 19.7. The van der Waals surface area contributed by atoms with Crippen LogP contribution in [0, 0.1) is 0 Å². The van der Waals surface area contributed by atoms with Gasteiger partial charge in [-0.15, -0.1) is 0 Å². The van der Waals surface area contributed by atoms with Gasteiger partial charge in [0.15, 0.2) is 17.0 Å². The first-order valence-corrected chi connectivity index (χ1v) is 9.16. The summed E-state index contributed by atoms with van der Waals surface area (Å²) in [6, 6.07) is 8.03. The number of hydrogen-bond acceptors (Lipinski definition) is 7. The van der Waals surface area contributed by atoms with E-state index in [9.17, 15) is 9.59 Å². The maximum absolute atomic E-state index is 12.7. The Morgan fingerprint density at radius 2 is 1.96 bits per heavy atom. The van der Waals surface area contributed by atoms with Crippen molar-refractivity contribution >= 4 is 34.3 Å². The number of benzene rings is 1. The maximum atomic E-state index is 12.7. The zero-order valence-electron chi connectivity index (χ0n) is 15.8. The molecule has 1 saturated heterocycles. The van der Waals surface area contributed by atoms with Crippen LogP contribution in [0.2, 0.25) is 0 Å². The Kier molecular flexibility index (Phi) is 4.68. The lowest BCUT2D eigenvalue weighted by molar-refractivity contribution is 0.0997. The van der Waals surface area contributed by atoms with Crippen LogP contribution in [-0.4, -0.2) is 43.1 Å². The molecule has 0 bridgehead atoms. The topological polar surface area (TPSA) is 91.6 Å². The number of amides is 1. The second-order valence-corrected chi connectivity index (χ2v) is 6.92. The van der Waals surface area contributed by atoms with Gasteiger partial charge in [0.05, 0.1) is 11.6 Å². The molecule has 1 N–H and O–H groups in total. The van der Waals surface area contributed by atoms with Crippen molar-refractivity contribution in [2.75, 3.05) is 42.3 Å². The third-order valence-electron chi connectivity index (χ3n) is 4.68. The van der Waals surface area contributed by atoms with Crippen LogP contribution in [0.3, 0.4) is 0 Å². The highest BCUT2D eigenvalue weighted by Gasteiger charge is 2.20.